The third-order valence-electron chi connectivity index (χ3n) is 3.21. The van der Waals surface area contributed by atoms with Crippen LogP contribution in [0.1, 0.15) is 25.7 Å². The van der Waals surface area contributed by atoms with E-state index in [1.54, 1.807) is 25.6 Å². The van der Waals surface area contributed by atoms with Crippen LogP contribution in [0.15, 0.2) is 23.6 Å². The first-order chi connectivity index (χ1) is 9.38. The topological polar surface area (TPSA) is 74.2 Å². The summed E-state index contributed by atoms with van der Waals surface area (Å²) in [5.74, 6) is 1.68. The summed E-state index contributed by atoms with van der Waals surface area (Å²) in [6.45, 7) is 1.58. The second kappa shape index (κ2) is 7.56. The maximum Gasteiger partial charge on any atom is 0.191 e. The van der Waals surface area contributed by atoms with E-state index in [4.69, 9.17) is 0 Å². The number of hydrogen-bond acceptors (Lipinski definition) is 4. The van der Waals surface area contributed by atoms with Gasteiger partial charge in [-0.05, 0) is 12.8 Å². The summed E-state index contributed by atoms with van der Waals surface area (Å²) in [6, 6.07) is 0.583. The van der Waals surface area contributed by atoms with Crippen LogP contribution in [0.3, 0.4) is 0 Å². The minimum absolute atomic E-state index is 0.583. The molecule has 1 heterocycles. The van der Waals surface area contributed by atoms with Crippen molar-refractivity contribution in [3.8, 4) is 0 Å². The highest BCUT2D eigenvalue weighted by Gasteiger charge is 2.15. The average Bonchev–Trinajstić information content (AvgIpc) is 2.96. The monoisotopic (exact) mass is 262 g/mol. The molecule has 3 N–H and O–H groups in total. The molecule has 19 heavy (non-hydrogen) atoms. The van der Waals surface area contributed by atoms with E-state index in [0.29, 0.717) is 6.04 Å². The van der Waals surface area contributed by atoms with Crippen molar-refractivity contribution in [1.82, 2.24) is 20.6 Å². The fourth-order valence-corrected chi connectivity index (χ4v) is 2.22. The molecule has 2 rings (SSSR count). The third-order valence-corrected chi connectivity index (χ3v) is 3.21. The molecule has 0 aromatic carbocycles. The van der Waals surface area contributed by atoms with Gasteiger partial charge in [-0.15, -0.1) is 0 Å². The minimum Gasteiger partial charge on any atom is -0.367 e. The Hall–Kier alpha value is -1.85. The molecule has 6 heteroatoms. The molecular weight excluding hydrogens is 240 g/mol. The molecule has 0 bridgehead atoms. The first kappa shape index (κ1) is 13.6. The van der Waals surface area contributed by atoms with Gasteiger partial charge in [0.2, 0.25) is 0 Å². The van der Waals surface area contributed by atoms with Gasteiger partial charge in [0.25, 0.3) is 0 Å². The van der Waals surface area contributed by atoms with Crippen LogP contribution >= 0.6 is 0 Å². The van der Waals surface area contributed by atoms with Crippen molar-refractivity contribution < 1.29 is 0 Å². The lowest BCUT2D eigenvalue weighted by molar-refractivity contribution is 0.615. The Morgan fingerprint density at radius 2 is 2.16 bits per heavy atom. The van der Waals surface area contributed by atoms with E-state index in [-0.39, 0.29) is 0 Å². The molecule has 0 spiro atoms. The largest absolute Gasteiger partial charge is 0.367 e. The molecule has 104 valence electrons. The van der Waals surface area contributed by atoms with E-state index in [1.165, 1.54) is 25.7 Å². The second-order valence-electron chi connectivity index (χ2n) is 4.64. The molecule has 1 aliphatic carbocycles. The Balaban J connectivity index is 1.63. The molecule has 0 saturated heterocycles. The summed E-state index contributed by atoms with van der Waals surface area (Å²) in [5.41, 5.74) is 0. The normalized spacial score (nSPS) is 16.4. The molecule has 0 amide bonds. The molecular formula is C13H22N6. The number of aromatic nitrogens is 2. The van der Waals surface area contributed by atoms with Gasteiger partial charge in [0.05, 0.1) is 6.20 Å². The van der Waals surface area contributed by atoms with Crippen LogP contribution in [0.2, 0.25) is 0 Å². The molecule has 6 nitrogen and oxygen atoms in total. The third kappa shape index (κ3) is 4.73. The Morgan fingerprint density at radius 1 is 1.32 bits per heavy atom. The van der Waals surface area contributed by atoms with Crippen molar-refractivity contribution in [3.05, 3.63) is 18.6 Å². The van der Waals surface area contributed by atoms with Gasteiger partial charge in [-0.3, -0.25) is 9.98 Å². The van der Waals surface area contributed by atoms with E-state index >= 15 is 0 Å². The van der Waals surface area contributed by atoms with Crippen molar-refractivity contribution in [2.45, 2.75) is 31.7 Å². The number of anilines is 1. The van der Waals surface area contributed by atoms with E-state index < -0.39 is 0 Å². The SMILES string of the molecule is CN=C(NCCNc1cnccn1)NC1CCCC1. The van der Waals surface area contributed by atoms with E-state index in [0.717, 1.165) is 24.9 Å². The summed E-state index contributed by atoms with van der Waals surface area (Å²) in [7, 11) is 1.81. The van der Waals surface area contributed by atoms with Crippen molar-refractivity contribution in [2.24, 2.45) is 4.99 Å². The van der Waals surface area contributed by atoms with E-state index in [2.05, 4.69) is 30.9 Å². The zero-order valence-corrected chi connectivity index (χ0v) is 11.4. The zero-order chi connectivity index (χ0) is 13.3. The molecule has 1 saturated carbocycles. The lowest BCUT2D eigenvalue weighted by atomic mass is 10.2. The highest BCUT2D eigenvalue weighted by Crippen LogP contribution is 2.17. The van der Waals surface area contributed by atoms with Gasteiger partial charge in [0, 0.05) is 38.6 Å². The Kier molecular flexibility index (Phi) is 5.40. The predicted octanol–water partition coefficient (Wildman–Crippen LogP) is 0.996. The van der Waals surface area contributed by atoms with Crippen LogP contribution in [0, 0.1) is 0 Å². The summed E-state index contributed by atoms with van der Waals surface area (Å²) >= 11 is 0. The molecule has 0 aliphatic heterocycles. The number of aliphatic imine (C=N–C) groups is 1. The summed E-state index contributed by atoms with van der Waals surface area (Å²) in [6.07, 6.45) is 10.2. The molecule has 1 aromatic rings. The van der Waals surface area contributed by atoms with E-state index in [1.807, 2.05) is 0 Å². The smallest absolute Gasteiger partial charge is 0.191 e. The Morgan fingerprint density at radius 3 is 2.84 bits per heavy atom. The van der Waals surface area contributed by atoms with Gasteiger partial charge in [-0.1, -0.05) is 12.8 Å². The van der Waals surface area contributed by atoms with Crippen LogP contribution < -0.4 is 16.0 Å². The highest BCUT2D eigenvalue weighted by atomic mass is 15.2. The van der Waals surface area contributed by atoms with Crippen LogP contribution in [-0.4, -0.2) is 42.1 Å². The molecule has 1 fully saturated rings. The molecule has 0 radical (unpaired) electrons. The van der Waals surface area contributed by atoms with Crippen molar-refractivity contribution >= 4 is 11.8 Å². The fourth-order valence-electron chi connectivity index (χ4n) is 2.22. The van der Waals surface area contributed by atoms with Gasteiger partial charge in [0.1, 0.15) is 5.82 Å². The minimum atomic E-state index is 0.583. The van der Waals surface area contributed by atoms with Gasteiger partial charge >= 0.3 is 0 Å². The predicted molar refractivity (Wildman–Crippen MR) is 77.3 cm³/mol. The van der Waals surface area contributed by atoms with Crippen LogP contribution in [0.4, 0.5) is 5.82 Å². The molecule has 1 aliphatic rings. The lowest BCUT2D eigenvalue weighted by Crippen LogP contribution is -2.43. The number of guanidine groups is 1. The highest BCUT2D eigenvalue weighted by molar-refractivity contribution is 5.80. The number of nitrogens with one attached hydrogen (secondary N) is 3. The maximum atomic E-state index is 4.23. The first-order valence-corrected chi connectivity index (χ1v) is 6.85. The van der Waals surface area contributed by atoms with Gasteiger partial charge < -0.3 is 16.0 Å². The van der Waals surface area contributed by atoms with Crippen molar-refractivity contribution in [2.75, 3.05) is 25.5 Å². The Labute approximate surface area is 114 Å². The van der Waals surface area contributed by atoms with Crippen molar-refractivity contribution in [1.29, 1.82) is 0 Å². The van der Waals surface area contributed by atoms with Crippen LogP contribution in [0.25, 0.3) is 0 Å². The summed E-state index contributed by atoms with van der Waals surface area (Å²) < 4.78 is 0. The average molecular weight is 262 g/mol. The lowest BCUT2D eigenvalue weighted by Gasteiger charge is -2.16. The number of hydrogen-bond donors (Lipinski definition) is 3. The van der Waals surface area contributed by atoms with Gasteiger partial charge in [0.15, 0.2) is 5.96 Å². The van der Waals surface area contributed by atoms with Crippen molar-refractivity contribution in [3.63, 3.8) is 0 Å². The number of rotatable bonds is 5. The molecule has 0 unspecified atom stereocenters. The number of nitrogens with zero attached hydrogens (tertiary/aromatic N) is 3. The van der Waals surface area contributed by atoms with Crippen LogP contribution in [0.5, 0.6) is 0 Å². The van der Waals surface area contributed by atoms with Crippen LogP contribution in [-0.2, 0) is 0 Å². The second-order valence-corrected chi connectivity index (χ2v) is 4.64. The summed E-state index contributed by atoms with van der Waals surface area (Å²) in [4.78, 5) is 12.4. The fraction of sp³-hybridized carbons (Fsp3) is 0.615. The maximum absolute atomic E-state index is 4.23. The Bertz CT molecular complexity index is 385. The quantitative estimate of drug-likeness (QED) is 0.419. The standard InChI is InChI=1S/C13H22N6/c1-14-13(19-11-4-2-3-5-11)18-9-8-17-12-10-15-6-7-16-12/h6-7,10-11H,2-5,8-9H2,1H3,(H,16,17)(H2,14,18,19). The van der Waals surface area contributed by atoms with Gasteiger partial charge in [-0.25, -0.2) is 4.98 Å². The molecule has 1 aromatic heterocycles. The van der Waals surface area contributed by atoms with E-state index in [9.17, 15) is 0 Å². The van der Waals surface area contributed by atoms with Gasteiger partial charge in [-0.2, -0.15) is 0 Å². The molecule has 0 atom stereocenters. The first-order valence-electron chi connectivity index (χ1n) is 6.85. The zero-order valence-electron chi connectivity index (χ0n) is 11.4. The summed E-state index contributed by atoms with van der Waals surface area (Å²) in [5, 5.41) is 9.94.